The summed E-state index contributed by atoms with van der Waals surface area (Å²) in [6.45, 7) is 8.90. The molecule has 2 aliphatic heterocycles. The van der Waals surface area contributed by atoms with Gasteiger partial charge in [-0.2, -0.15) is 0 Å². The standard InChI is InChI=1S/C37H43NO4Si/c1-37(2,3)43(30-21-13-7-14-22-30,31-23-15-8-16-24-31)40-27-32-34-35(42-34)33(36(39-4)41-32)38(25-28-17-9-5-10-18-28)26-29-19-11-6-12-20-29/h5-24,32-36H,25-27H2,1-4H3/t32-,33-,34+,35-,36+/m1/s1. The first-order chi connectivity index (χ1) is 20.9. The number of fused-ring (bicyclic) bond motifs is 1. The van der Waals surface area contributed by atoms with Crippen LogP contribution in [0.5, 0.6) is 0 Å². The van der Waals surface area contributed by atoms with E-state index >= 15 is 0 Å². The Kier molecular flexibility index (Phi) is 8.96. The van der Waals surface area contributed by atoms with E-state index in [1.54, 1.807) is 7.11 Å². The molecule has 4 aromatic carbocycles. The minimum atomic E-state index is -2.70. The predicted octanol–water partition coefficient (Wildman–Crippen LogP) is 5.77. The zero-order valence-electron chi connectivity index (χ0n) is 25.6. The molecule has 6 heteroatoms. The molecule has 0 aromatic heterocycles. The minimum absolute atomic E-state index is 0.0129. The van der Waals surface area contributed by atoms with Gasteiger partial charge in [0.1, 0.15) is 18.3 Å². The van der Waals surface area contributed by atoms with Crippen LogP contribution in [-0.4, -0.2) is 57.6 Å². The van der Waals surface area contributed by atoms with E-state index in [0.717, 1.165) is 13.1 Å². The maximum absolute atomic E-state index is 7.25. The van der Waals surface area contributed by atoms with Gasteiger partial charge in [0, 0.05) is 20.2 Å². The average Bonchev–Trinajstić information content (AvgIpc) is 3.83. The van der Waals surface area contributed by atoms with Gasteiger partial charge >= 0.3 is 0 Å². The first-order valence-corrected chi connectivity index (χ1v) is 17.2. The van der Waals surface area contributed by atoms with Crippen molar-refractivity contribution in [1.29, 1.82) is 0 Å². The van der Waals surface area contributed by atoms with Crippen molar-refractivity contribution in [3.8, 4) is 0 Å². The molecule has 0 radical (unpaired) electrons. The zero-order chi connectivity index (χ0) is 29.9. The van der Waals surface area contributed by atoms with Crippen LogP contribution in [0.4, 0.5) is 0 Å². The molecular weight excluding hydrogens is 550 g/mol. The molecule has 4 aromatic rings. The Labute approximate surface area is 257 Å². The molecule has 2 aliphatic rings. The maximum Gasteiger partial charge on any atom is 0.261 e. The topological polar surface area (TPSA) is 43.5 Å². The molecule has 2 fully saturated rings. The van der Waals surface area contributed by atoms with Crippen LogP contribution >= 0.6 is 0 Å². The smallest absolute Gasteiger partial charge is 0.261 e. The predicted molar refractivity (Wildman–Crippen MR) is 174 cm³/mol. The van der Waals surface area contributed by atoms with Crippen molar-refractivity contribution in [1.82, 2.24) is 4.90 Å². The summed E-state index contributed by atoms with van der Waals surface area (Å²) < 4.78 is 26.5. The molecule has 43 heavy (non-hydrogen) atoms. The van der Waals surface area contributed by atoms with Gasteiger partial charge in [0.15, 0.2) is 6.29 Å². The summed E-state index contributed by atoms with van der Waals surface area (Å²) in [5.41, 5.74) is 2.50. The van der Waals surface area contributed by atoms with Crippen LogP contribution in [0.1, 0.15) is 31.9 Å². The number of epoxide rings is 1. The van der Waals surface area contributed by atoms with Gasteiger partial charge in [0.05, 0.1) is 12.6 Å². The lowest BCUT2D eigenvalue weighted by atomic mass is 10.0. The van der Waals surface area contributed by atoms with Crippen molar-refractivity contribution in [2.45, 2.75) is 69.5 Å². The molecule has 224 valence electrons. The third kappa shape index (κ3) is 6.27. The summed E-state index contributed by atoms with van der Waals surface area (Å²) in [7, 11) is -0.964. The highest BCUT2D eigenvalue weighted by Gasteiger charge is 2.60. The largest absolute Gasteiger partial charge is 0.405 e. The second-order valence-corrected chi connectivity index (χ2v) is 17.0. The number of methoxy groups -OCH3 is 1. The van der Waals surface area contributed by atoms with E-state index in [1.165, 1.54) is 21.5 Å². The van der Waals surface area contributed by atoms with Crippen molar-refractivity contribution in [3.63, 3.8) is 0 Å². The summed E-state index contributed by atoms with van der Waals surface area (Å²) in [5, 5.41) is 2.41. The highest BCUT2D eigenvalue weighted by molar-refractivity contribution is 6.99. The van der Waals surface area contributed by atoms with Crippen molar-refractivity contribution in [3.05, 3.63) is 132 Å². The van der Waals surface area contributed by atoms with Crippen molar-refractivity contribution in [2.24, 2.45) is 0 Å². The maximum atomic E-state index is 7.25. The molecule has 0 spiro atoms. The molecule has 0 unspecified atom stereocenters. The van der Waals surface area contributed by atoms with Crippen molar-refractivity contribution >= 4 is 18.7 Å². The summed E-state index contributed by atoms with van der Waals surface area (Å²) in [6, 6.07) is 42.7. The summed E-state index contributed by atoms with van der Waals surface area (Å²) in [6.07, 6.45) is -0.686. The molecule has 6 rings (SSSR count). The van der Waals surface area contributed by atoms with E-state index < -0.39 is 14.6 Å². The summed E-state index contributed by atoms with van der Waals surface area (Å²) in [5.74, 6) is 0. The van der Waals surface area contributed by atoms with Gasteiger partial charge in [0.25, 0.3) is 8.32 Å². The van der Waals surface area contributed by atoms with E-state index in [2.05, 4.69) is 147 Å². The molecule has 5 nitrogen and oxygen atoms in total. The molecule has 0 amide bonds. The lowest BCUT2D eigenvalue weighted by Gasteiger charge is -2.44. The monoisotopic (exact) mass is 593 g/mol. The van der Waals surface area contributed by atoms with E-state index in [-0.39, 0.29) is 29.4 Å². The highest BCUT2D eigenvalue weighted by Crippen LogP contribution is 2.43. The van der Waals surface area contributed by atoms with Gasteiger partial charge in [-0.3, -0.25) is 4.90 Å². The Hall–Kier alpha value is -3.10. The van der Waals surface area contributed by atoms with Crippen LogP contribution in [-0.2, 0) is 31.7 Å². The third-order valence-electron chi connectivity index (χ3n) is 8.84. The minimum Gasteiger partial charge on any atom is -0.405 e. The lowest BCUT2D eigenvalue weighted by molar-refractivity contribution is -0.211. The zero-order valence-corrected chi connectivity index (χ0v) is 26.6. The Balaban J connectivity index is 1.26. The Morgan fingerprint density at radius 3 is 1.56 bits per heavy atom. The van der Waals surface area contributed by atoms with Crippen molar-refractivity contribution < 1.29 is 18.6 Å². The Morgan fingerprint density at radius 2 is 1.12 bits per heavy atom. The van der Waals surface area contributed by atoms with Crippen LogP contribution in [0.3, 0.4) is 0 Å². The normalized spacial score (nSPS) is 23.6. The highest BCUT2D eigenvalue weighted by atomic mass is 28.4. The van der Waals surface area contributed by atoms with Crippen LogP contribution in [0, 0.1) is 0 Å². The van der Waals surface area contributed by atoms with Gasteiger partial charge in [-0.05, 0) is 26.5 Å². The second-order valence-electron chi connectivity index (χ2n) is 12.7. The fourth-order valence-corrected chi connectivity index (χ4v) is 11.3. The Morgan fingerprint density at radius 1 is 0.651 bits per heavy atom. The molecule has 0 aliphatic carbocycles. The number of benzene rings is 4. The molecular formula is C37H43NO4Si. The van der Waals surface area contributed by atoms with E-state index in [9.17, 15) is 0 Å². The number of rotatable bonds is 11. The third-order valence-corrected chi connectivity index (χ3v) is 13.8. The first-order valence-electron chi connectivity index (χ1n) is 15.3. The molecule has 2 saturated heterocycles. The molecule has 0 saturated carbocycles. The van der Waals surface area contributed by atoms with Crippen LogP contribution in [0.2, 0.25) is 5.04 Å². The lowest BCUT2D eigenvalue weighted by Crippen LogP contribution is -2.67. The average molecular weight is 594 g/mol. The Bertz CT molecular complexity index is 1350. The van der Waals surface area contributed by atoms with E-state index in [0.29, 0.717) is 6.61 Å². The molecule has 5 atom stereocenters. The summed E-state index contributed by atoms with van der Waals surface area (Å²) >= 11 is 0. The fraction of sp³-hybridized carbons (Fsp3) is 0.351. The number of hydrogen-bond donors (Lipinski definition) is 0. The molecule has 0 bridgehead atoms. The van der Waals surface area contributed by atoms with E-state index in [1.807, 2.05) is 0 Å². The number of nitrogens with zero attached hydrogens (tertiary/aromatic N) is 1. The summed E-state index contributed by atoms with van der Waals surface area (Å²) in [4.78, 5) is 2.45. The van der Waals surface area contributed by atoms with Gasteiger partial charge in [0.2, 0.25) is 0 Å². The van der Waals surface area contributed by atoms with Crippen LogP contribution in [0.15, 0.2) is 121 Å². The molecule has 2 heterocycles. The van der Waals surface area contributed by atoms with Gasteiger partial charge in [-0.1, -0.05) is 142 Å². The second kappa shape index (κ2) is 12.9. The van der Waals surface area contributed by atoms with Crippen LogP contribution < -0.4 is 10.4 Å². The first kappa shape index (κ1) is 29.9. The molecule has 0 N–H and O–H groups in total. The quantitative estimate of drug-likeness (QED) is 0.163. The van der Waals surface area contributed by atoms with Gasteiger partial charge in [-0.25, -0.2) is 0 Å². The van der Waals surface area contributed by atoms with Crippen LogP contribution in [0.25, 0.3) is 0 Å². The SMILES string of the molecule is CO[C@H]1O[C@H](CO[Si](c2ccccc2)(c2ccccc2)C(C)(C)C)[C@@H]2O[C@@H]2[C@H]1N(Cc1ccccc1)Cc1ccccc1. The number of hydrogen-bond acceptors (Lipinski definition) is 5. The van der Waals surface area contributed by atoms with Gasteiger partial charge < -0.3 is 18.6 Å². The van der Waals surface area contributed by atoms with Gasteiger partial charge in [-0.15, -0.1) is 0 Å². The van der Waals surface area contributed by atoms with E-state index in [4.69, 9.17) is 18.6 Å². The number of ether oxygens (including phenoxy) is 3. The van der Waals surface area contributed by atoms with Crippen molar-refractivity contribution in [2.75, 3.05) is 13.7 Å². The fourth-order valence-electron chi connectivity index (χ4n) is 6.78.